The highest BCUT2D eigenvalue weighted by Gasteiger charge is 2.33. The standard InChI is InChI=1S/C38H80P.BrH/c1-5-9-11-13-15-17-19-21-23-25-27-29-31-33-37-39(35-7-3,36-8-4)38-34-32-30-28-26-24-22-20-18-16-14-12-10-6-2;/h5-38H2,1-4H3;1H/q+1;/p-1. The van der Waals surface area contributed by atoms with E-state index in [4.69, 9.17) is 0 Å². The van der Waals surface area contributed by atoms with Crippen molar-refractivity contribution in [3.05, 3.63) is 0 Å². The Balaban J connectivity index is 0. The molecular formula is C38H80BrP. The van der Waals surface area contributed by atoms with Gasteiger partial charge in [0.15, 0.2) is 0 Å². The Hall–Kier alpha value is 0.910. The maximum atomic E-state index is 2.46. The van der Waals surface area contributed by atoms with Crippen molar-refractivity contribution in [2.45, 2.75) is 220 Å². The molecule has 0 spiro atoms. The second-order valence-corrected chi connectivity index (χ2v) is 17.9. The molecular weight excluding hydrogens is 567 g/mol. The van der Waals surface area contributed by atoms with Crippen molar-refractivity contribution in [2.75, 3.05) is 24.6 Å². The number of rotatable bonds is 34. The van der Waals surface area contributed by atoms with Gasteiger partial charge in [-0.3, -0.25) is 0 Å². The Morgan fingerprint density at radius 1 is 0.225 bits per heavy atom. The summed E-state index contributed by atoms with van der Waals surface area (Å²) in [6.45, 7) is 9.55. The first-order chi connectivity index (χ1) is 19.2. The van der Waals surface area contributed by atoms with Crippen molar-refractivity contribution in [2.24, 2.45) is 0 Å². The van der Waals surface area contributed by atoms with E-state index < -0.39 is 7.26 Å². The highest BCUT2D eigenvalue weighted by molar-refractivity contribution is 7.75. The third kappa shape index (κ3) is 30.4. The van der Waals surface area contributed by atoms with Gasteiger partial charge in [0.1, 0.15) is 0 Å². The van der Waals surface area contributed by atoms with Gasteiger partial charge in [-0.25, -0.2) is 0 Å². The molecule has 0 unspecified atom stereocenters. The zero-order chi connectivity index (χ0) is 28.5. The van der Waals surface area contributed by atoms with Crippen LogP contribution in [0.1, 0.15) is 220 Å². The Labute approximate surface area is 268 Å². The molecule has 0 aliphatic rings. The summed E-state index contributed by atoms with van der Waals surface area (Å²) in [7, 11) is -0.665. The van der Waals surface area contributed by atoms with Crippen LogP contribution in [0.25, 0.3) is 0 Å². The van der Waals surface area contributed by atoms with E-state index in [9.17, 15) is 0 Å². The van der Waals surface area contributed by atoms with Crippen molar-refractivity contribution in [1.82, 2.24) is 0 Å². The number of hydrogen-bond acceptors (Lipinski definition) is 0. The number of hydrogen-bond donors (Lipinski definition) is 0. The largest absolute Gasteiger partial charge is 1.00 e. The average Bonchev–Trinajstić information content (AvgIpc) is 2.93. The van der Waals surface area contributed by atoms with Crippen LogP contribution in [-0.2, 0) is 0 Å². The second kappa shape index (κ2) is 36.1. The van der Waals surface area contributed by atoms with Gasteiger partial charge in [0.05, 0.1) is 24.6 Å². The van der Waals surface area contributed by atoms with Crippen LogP contribution in [0.5, 0.6) is 0 Å². The van der Waals surface area contributed by atoms with Crippen LogP contribution in [0, 0.1) is 0 Å². The summed E-state index contributed by atoms with van der Waals surface area (Å²) in [4.78, 5) is 0. The maximum absolute atomic E-state index is 2.46. The molecule has 0 saturated carbocycles. The van der Waals surface area contributed by atoms with E-state index >= 15 is 0 Å². The average molecular weight is 648 g/mol. The SMILES string of the molecule is CCCCCCCCCCCCCCCC[P+](CCC)(CCC)CCCCCCCCCCCCCCCC.[Br-]. The molecule has 2 heteroatoms. The molecule has 0 heterocycles. The molecule has 0 aliphatic heterocycles. The van der Waals surface area contributed by atoms with Crippen LogP contribution >= 0.6 is 7.26 Å². The molecule has 0 aromatic heterocycles. The van der Waals surface area contributed by atoms with Gasteiger partial charge in [0.2, 0.25) is 0 Å². The lowest BCUT2D eigenvalue weighted by Gasteiger charge is -2.27. The minimum absolute atomic E-state index is 0. The Morgan fingerprint density at radius 2 is 0.425 bits per heavy atom. The van der Waals surface area contributed by atoms with E-state index in [0.717, 1.165) is 0 Å². The maximum Gasteiger partial charge on any atom is 0.0594 e. The first-order valence-electron chi connectivity index (χ1n) is 19.1. The van der Waals surface area contributed by atoms with Crippen LogP contribution < -0.4 is 17.0 Å². The molecule has 0 aromatic carbocycles. The third-order valence-corrected chi connectivity index (χ3v) is 14.7. The third-order valence-electron chi connectivity index (χ3n) is 9.37. The number of halogens is 1. The van der Waals surface area contributed by atoms with Gasteiger partial charge in [0.25, 0.3) is 0 Å². The lowest BCUT2D eigenvalue weighted by molar-refractivity contribution is -0.00000888. The van der Waals surface area contributed by atoms with Crippen LogP contribution in [0.15, 0.2) is 0 Å². The molecule has 0 aromatic rings. The van der Waals surface area contributed by atoms with Gasteiger partial charge < -0.3 is 17.0 Å². The van der Waals surface area contributed by atoms with Gasteiger partial charge in [-0.15, -0.1) is 0 Å². The molecule has 0 aliphatic carbocycles. The molecule has 0 saturated heterocycles. The smallest absolute Gasteiger partial charge is 0.0594 e. The molecule has 0 rings (SSSR count). The van der Waals surface area contributed by atoms with Crippen molar-refractivity contribution < 1.29 is 17.0 Å². The normalized spacial score (nSPS) is 11.7. The fourth-order valence-corrected chi connectivity index (χ4v) is 11.9. The van der Waals surface area contributed by atoms with E-state index in [0.29, 0.717) is 0 Å². The monoisotopic (exact) mass is 647 g/mol. The quantitative estimate of drug-likeness (QED) is 0.0482. The molecule has 40 heavy (non-hydrogen) atoms. The summed E-state index contributed by atoms with van der Waals surface area (Å²) in [5.74, 6) is 0. The van der Waals surface area contributed by atoms with Gasteiger partial charge in [-0.1, -0.05) is 182 Å². The summed E-state index contributed by atoms with van der Waals surface area (Å²) < 4.78 is 0. The molecule has 244 valence electrons. The zero-order valence-electron chi connectivity index (χ0n) is 28.9. The topological polar surface area (TPSA) is 0 Å². The zero-order valence-corrected chi connectivity index (χ0v) is 31.3. The fraction of sp³-hybridized carbons (Fsp3) is 1.00. The lowest BCUT2D eigenvalue weighted by Crippen LogP contribution is -3.00. The molecule has 0 nitrogen and oxygen atoms in total. The van der Waals surface area contributed by atoms with E-state index in [1.807, 2.05) is 0 Å². The van der Waals surface area contributed by atoms with Crippen molar-refractivity contribution in [3.63, 3.8) is 0 Å². The molecule has 0 bridgehead atoms. The molecule has 0 radical (unpaired) electrons. The Morgan fingerprint density at radius 3 is 0.625 bits per heavy atom. The highest BCUT2D eigenvalue weighted by atomic mass is 79.9. The number of unbranched alkanes of at least 4 members (excludes halogenated alkanes) is 26. The first kappa shape index (κ1) is 43.0. The summed E-state index contributed by atoms with van der Waals surface area (Å²) in [5, 5.41) is 0. The molecule has 0 N–H and O–H groups in total. The van der Waals surface area contributed by atoms with Crippen LogP contribution in [0.3, 0.4) is 0 Å². The summed E-state index contributed by atoms with van der Waals surface area (Å²) in [6.07, 6.45) is 50.9. The van der Waals surface area contributed by atoms with Crippen molar-refractivity contribution in [3.8, 4) is 0 Å². The summed E-state index contributed by atoms with van der Waals surface area (Å²) in [6, 6.07) is 0. The van der Waals surface area contributed by atoms with E-state index in [1.165, 1.54) is 180 Å². The van der Waals surface area contributed by atoms with E-state index in [2.05, 4.69) is 27.7 Å². The minimum Gasteiger partial charge on any atom is -1.00 e. The van der Waals surface area contributed by atoms with Crippen molar-refractivity contribution in [1.29, 1.82) is 0 Å². The van der Waals surface area contributed by atoms with Gasteiger partial charge in [0, 0.05) is 7.26 Å². The van der Waals surface area contributed by atoms with E-state index in [-0.39, 0.29) is 17.0 Å². The predicted molar refractivity (Wildman–Crippen MR) is 188 cm³/mol. The van der Waals surface area contributed by atoms with Crippen LogP contribution in [-0.4, -0.2) is 24.6 Å². The summed E-state index contributed by atoms with van der Waals surface area (Å²) >= 11 is 0. The van der Waals surface area contributed by atoms with Crippen LogP contribution in [0.4, 0.5) is 0 Å². The van der Waals surface area contributed by atoms with Gasteiger partial charge in [-0.2, -0.15) is 0 Å². The highest BCUT2D eigenvalue weighted by Crippen LogP contribution is 2.61. The van der Waals surface area contributed by atoms with Crippen molar-refractivity contribution >= 4 is 7.26 Å². The molecule has 0 atom stereocenters. The second-order valence-electron chi connectivity index (χ2n) is 13.4. The minimum atomic E-state index is -0.665. The van der Waals surface area contributed by atoms with E-state index in [1.54, 1.807) is 37.5 Å². The van der Waals surface area contributed by atoms with Gasteiger partial charge in [-0.05, 0) is 38.5 Å². The van der Waals surface area contributed by atoms with Crippen LogP contribution in [0.2, 0.25) is 0 Å². The fourth-order valence-electron chi connectivity index (χ4n) is 6.90. The Kier molecular flexibility index (Phi) is 38.8. The first-order valence-corrected chi connectivity index (χ1v) is 21.6. The van der Waals surface area contributed by atoms with Gasteiger partial charge >= 0.3 is 0 Å². The molecule has 0 fully saturated rings. The predicted octanol–water partition coefficient (Wildman–Crippen LogP) is 11.8. The summed E-state index contributed by atoms with van der Waals surface area (Å²) in [5.41, 5.74) is 0. The Bertz CT molecular complexity index is 397. The molecule has 0 amide bonds. The lowest BCUT2D eigenvalue weighted by atomic mass is 10.0.